The van der Waals surface area contributed by atoms with Crippen molar-refractivity contribution in [3.8, 4) is 5.69 Å². The van der Waals surface area contributed by atoms with Crippen molar-refractivity contribution >= 4 is 5.97 Å². The fraction of sp³-hybridized carbons (Fsp3) is 0.400. The fourth-order valence-electron chi connectivity index (χ4n) is 2.83. The third-order valence-electron chi connectivity index (χ3n) is 3.82. The molecule has 2 aromatic rings. The number of nitrogens with zero attached hydrogens (tertiary/aromatic N) is 3. The number of hydrogen-bond donors (Lipinski definition) is 1. The van der Waals surface area contributed by atoms with E-state index in [0.717, 1.165) is 41.8 Å². The molecule has 104 valence electrons. The van der Waals surface area contributed by atoms with Crippen molar-refractivity contribution in [1.29, 1.82) is 0 Å². The maximum Gasteiger partial charge on any atom is 0.356 e. The summed E-state index contributed by atoms with van der Waals surface area (Å²) in [7, 11) is 0. The molecule has 0 saturated heterocycles. The lowest BCUT2D eigenvalue weighted by Crippen LogP contribution is -2.14. The Kier molecular flexibility index (Phi) is 3.04. The third kappa shape index (κ3) is 2.09. The molecule has 0 amide bonds. The molecule has 20 heavy (non-hydrogen) atoms. The van der Waals surface area contributed by atoms with Gasteiger partial charge in [0.15, 0.2) is 5.69 Å². The van der Waals surface area contributed by atoms with E-state index < -0.39 is 5.97 Å². The van der Waals surface area contributed by atoms with Gasteiger partial charge in [0.1, 0.15) is 0 Å². The number of rotatable bonds is 2. The van der Waals surface area contributed by atoms with Crippen LogP contribution < -0.4 is 0 Å². The van der Waals surface area contributed by atoms with Crippen molar-refractivity contribution in [3.63, 3.8) is 0 Å². The van der Waals surface area contributed by atoms with Gasteiger partial charge in [0, 0.05) is 17.5 Å². The van der Waals surface area contributed by atoms with Crippen LogP contribution in [-0.2, 0) is 12.8 Å². The van der Waals surface area contributed by atoms with Crippen molar-refractivity contribution < 1.29 is 9.90 Å². The van der Waals surface area contributed by atoms with Gasteiger partial charge in [-0.2, -0.15) is 5.10 Å². The first-order valence-electron chi connectivity index (χ1n) is 6.82. The average molecular weight is 271 g/mol. The second kappa shape index (κ2) is 4.74. The average Bonchev–Trinajstić information content (AvgIpc) is 2.77. The molecule has 0 aliphatic heterocycles. The van der Waals surface area contributed by atoms with Crippen molar-refractivity contribution in [3.05, 3.63) is 41.0 Å². The second-order valence-corrected chi connectivity index (χ2v) is 5.56. The summed E-state index contributed by atoms with van der Waals surface area (Å²) in [5, 5.41) is 13.7. The summed E-state index contributed by atoms with van der Waals surface area (Å²) in [4.78, 5) is 15.6. The maximum atomic E-state index is 11.4. The summed E-state index contributed by atoms with van der Waals surface area (Å²) >= 11 is 0. The Labute approximate surface area is 117 Å². The summed E-state index contributed by atoms with van der Waals surface area (Å²) in [6.07, 6.45) is 6.22. The molecule has 0 saturated carbocycles. The highest BCUT2D eigenvalue weighted by Crippen LogP contribution is 2.29. The monoisotopic (exact) mass is 271 g/mol. The number of aromatic carboxylic acids is 1. The molecule has 5 nitrogen and oxygen atoms in total. The minimum Gasteiger partial charge on any atom is -0.476 e. The van der Waals surface area contributed by atoms with Gasteiger partial charge in [-0.3, -0.25) is 4.98 Å². The van der Waals surface area contributed by atoms with Gasteiger partial charge in [-0.15, -0.1) is 0 Å². The van der Waals surface area contributed by atoms with Crippen LogP contribution in [-0.4, -0.2) is 25.8 Å². The zero-order valence-electron chi connectivity index (χ0n) is 11.6. The molecule has 0 fully saturated rings. The highest BCUT2D eigenvalue weighted by molar-refractivity contribution is 5.87. The molecule has 1 N–H and O–H groups in total. The Morgan fingerprint density at radius 2 is 2.25 bits per heavy atom. The molecule has 0 spiro atoms. The van der Waals surface area contributed by atoms with Crippen molar-refractivity contribution in [2.24, 2.45) is 5.92 Å². The highest BCUT2D eigenvalue weighted by Gasteiger charge is 2.27. The molecule has 1 aliphatic carbocycles. The normalized spacial score (nSPS) is 17.8. The first-order chi connectivity index (χ1) is 9.56. The Morgan fingerprint density at radius 3 is 2.95 bits per heavy atom. The summed E-state index contributed by atoms with van der Waals surface area (Å²) in [5.74, 6) is -0.441. The molecule has 1 unspecified atom stereocenters. The van der Waals surface area contributed by atoms with Crippen LogP contribution in [0, 0.1) is 12.8 Å². The van der Waals surface area contributed by atoms with Crippen LogP contribution in [0.4, 0.5) is 0 Å². The molecule has 1 aliphatic rings. The quantitative estimate of drug-likeness (QED) is 0.910. The third-order valence-corrected chi connectivity index (χ3v) is 3.82. The lowest BCUT2D eigenvalue weighted by Gasteiger charge is -2.19. The van der Waals surface area contributed by atoms with Crippen molar-refractivity contribution in [1.82, 2.24) is 14.8 Å². The molecule has 3 rings (SSSR count). The number of hydrogen-bond acceptors (Lipinski definition) is 3. The fourth-order valence-corrected chi connectivity index (χ4v) is 2.83. The Bertz CT molecular complexity index is 676. The van der Waals surface area contributed by atoms with Crippen LogP contribution in [0.5, 0.6) is 0 Å². The molecule has 0 aromatic carbocycles. The molecular weight excluding hydrogens is 254 g/mol. The first kappa shape index (κ1) is 12.8. The minimum absolute atomic E-state index is 0.188. The van der Waals surface area contributed by atoms with Crippen LogP contribution in [0.2, 0.25) is 0 Å². The van der Waals surface area contributed by atoms with Gasteiger partial charge in [0.25, 0.3) is 0 Å². The van der Waals surface area contributed by atoms with E-state index in [1.165, 1.54) is 0 Å². The van der Waals surface area contributed by atoms with Crippen molar-refractivity contribution in [2.45, 2.75) is 33.1 Å². The van der Waals surface area contributed by atoms with Gasteiger partial charge in [0.05, 0.1) is 11.9 Å². The van der Waals surface area contributed by atoms with E-state index in [4.69, 9.17) is 0 Å². The van der Waals surface area contributed by atoms with E-state index in [-0.39, 0.29) is 5.69 Å². The van der Waals surface area contributed by atoms with Crippen LogP contribution in [0.15, 0.2) is 18.5 Å². The Morgan fingerprint density at radius 1 is 1.45 bits per heavy atom. The van der Waals surface area contributed by atoms with E-state index in [0.29, 0.717) is 5.92 Å². The van der Waals surface area contributed by atoms with Crippen LogP contribution >= 0.6 is 0 Å². The SMILES string of the molecule is Cc1cncc(-n2nc(C(=O)O)c3c2CCC(C)C3)c1. The first-order valence-corrected chi connectivity index (χ1v) is 6.82. The van der Waals surface area contributed by atoms with Gasteiger partial charge in [-0.25, -0.2) is 9.48 Å². The molecule has 1 atom stereocenters. The van der Waals surface area contributed by atoms with Gasteiger partial charge in [-0.05, 0) is 43.7 Å². The molecule has 0 bridgehead atoms. The van der Waals surface area contributed by atoms with Gasteiger partial charge in [0.2, 0.25) is 0 Å². The van der Waals surface area contributed by atoms with Crippen molar-refractivity contribution in [2.75, 3.05) is 0 Å². The molecule has 2 heterocycles. The Hall–Kier alpha value is -2.17. The van der Waals surface area contributed by atoms with Crippen LogP contribution in [0.1, 0.15) is 40.7 Å². The van der Waals surface area contributed by atoms with Gasteiger partial charge in [-0.1, -0.05) is 6.92 Å². The zero-order chi connectivity index (χ0) is 14.3. The number of fused-ring (bicyclic) bond motifs is 1. The number of carboxylic acids is 1. The molecular formula is C15H17N3O2. The summed E-state index contributed by atoms with van der Waals surface area (Å²) < 4.78 is 1.75. The van der Waals surface area contributed by atoms with E-state index in [1.807, 2.05) is 13.0 Å². The van der Waals surface area contributed by atoms with Crippen LogP contribution in [0.3, 0.4) is 0 Å². The van der Waals surface area contributed by atoms with Gasteiger partial charge >= 0.3 is 5.97 Å². The maximum absolute atomic E-state index is 11.4. The highest BCUT2D eigenvalue weighted by atomic mass is 16.4. The van der Waals surface area contributed by atoms with Gasteiger partial charge < -0.3 is 5.11 Å². The number of aromatic nitrogens is 3. The lowest BCUT2D eigenvalue weighted by molar-refractivity contribution is 0.0688. The summed E-state index contributed by atoms with van der Waals surface area (Å²) in [6, 6.07) is 1.98. The lowest BCUT2D eigenvalue weighted by atomic mass is 9.87. The number of carbonyl (C=O) groups is 1. The standard InChI is InChI=1S/C15H17N3O2/c1-9-3-4-13-12(6-9)14(15(19)20)17-18(13)11-5-10(2)7-16-8-11/h5,7-9H,3-4,6H2,1-2H3,(H,19,20). The zero-order valence-corrected chi connectivity index (χ0v) is 11.6. The second-order valence-electron chi connectivity index (χ2n) is 5.56. The molecule has 0 radical (unpaired) electrons. The van der Waals surface area contributed by atoms with E-state index >= 15 is 0 Å². The van der Waals surface area contributed by atoms with E-state index in [2.05, 4.69) is 17.0 Å². The summed E-state index contributed by atoms with van der Waals surface area (Å²) in [5.41, 5.74) is 3.97. The smallest absolute Gasteiger partial charge is 0.356 e. The number of aryl methyl sites for hydroxylation is 1. The molecule has 2 aromatic heterocycles. The predicted octanol–water partition coefficient (Wildman–Crippen LogP) is 2.40. The number of pyridine rings is 1. The minimum atomic E-state index is -0.949. The predicted molar refractivity (Wildman–Crippen MR) is 74.2 cm³/mol. The number of carboxylic acid groups (broad SMARTS) is 1. The Balaban J connectivity index is 2.17. The van der Waals surface area contributed by atoms with Crippen LogP contribution in [0.25, 0.3) is 5.69 Å². The van der Waals surface area contributed by atoms with E-state index in [1.54, 1.807) is 17.1 Å². The summed E-state index contributed by atoms with van der Waals surface area (Å²) in [6.45, 7) is 4.12. The largest absolute Gasteiger partial charge is 0.476 e. The van der Waals surface area contributed by atoms with E-state index in [9.17, 15) is 9.90 Å². The topological polar surface area (TPSA) is 68.0 Å². The molecule has 5 heteroatoms.